The molecule has 0 bridgehead atoms. The average Bonchev–Trinajstić information content (AvgIpc) is 2.80. The van der Waals surface area contributed by atoms with Crippen LogP contribution in [0.25, 0.3) is 0 Å². The van der Waals surface area contributed by atoms with Crippen LogP contribution in [0, 0.1) is 0 Å². The van der Waals surface area contributed by atoms with Gasteiger partial charge in [0.1, 0.15) is 11.5 Å². The zero-order chi connectivity index (χ0) is 25.6. The number of hydrogen-bond donors (Lipinski definition) is 2. The number of methoxy groups -OCH3 is 1. The second-order valence-electron chi connectivity index (χ2n) is 7.35. The summed E-state index contributed by atoms with van der Waals surface area (Å²) in [7, 11) is -2.55. The fourth-order valence-corrected chi connectivity index (χ4v) is 4.67. The maximum absolute atomic E-state index is 13.0. The summed E-state index contributed by atoms with van der Waals surface area (Å²) in [4.78, 5) is -0.229. The summed E-state index contributed by atoms with van der Waals surface area (Å²) < 4.78 is 74.7. The average molecular weight is 549 g/mol. The number of rotatable bonds is 10. The molecule has 6 nitrogen and oxygen atoms in total. The van der Waals surface area contributed by atoms with Crippen molar-refractivity contribution >= 4 is 33.2 Å². The van der Waals surface area contributed by atoms with Crippen molar-refractivity contribution in [1.29, 1.82) is 0 Å². The predicted octanol–water partition coefficient (Wildman–Crippen LogP) is 5.71. The molecule has 188 valence electrons. The highest BCUT2D eigenvalue weighted by atomic mass is 35.5. The molecule has 1 unspecified atom stereocenters. The van der Waals surface area contributed by atoms with Crippen molar-refractivity contribution in [3.63, 3.8) is 0 Å². The van der Waals surface area contributed by atoms with Gasteiger partial charge in [-0.3, -0.25) is 0 Å². The van der Waals surface area contributed by atoms with E-state index in [1.165, 1.54) is 0 Å². The molecule has 0 aliphatic carbocycles. The lowest BCUT2D eigenvalue weighted by Gasteiger charge is -2.21. The van der Waals surface area contributed by atoms with Gasteiger partial charge in [-0.2, -0.15) is 0 Å². The van der Waals surface area contributed by atoms with Gasteiger partial charge in [-0.1, -0.05) is 41.4 Å². The van der Waals surface area contributed by atoms with E-state index in [0.717, 1.165) is 29.8 Å². The van der Waals surface area contributed by atoms with Crippen LogP contribution >= 0.6 is 23.2 Å². The Morgan fingerprint density at radius 3 is 2.11 bits per heavy atom. The topological polar surface area (TPSA) is 76.7 Å². The number of nitrogens with one attached hydrogen (secondary N) is 2. The molecule has 0 saturated heterocycles. The van der Waals surface area contributed by atoms with Gasteiger partial charge in [0.2, 0.25) is 10.0 Å². The quantitative estimate of drug-likeness (QED) is 0.339. The van der Waals surface area contributed by atoms with Crippen LogP contribution < -0.4 is 19.5 Å². The zero-order valence-corrected chi connectivity index (χ0v) is 20.6. The van der Waals surface area contributed by atoms with Crippen molar-refractivity contribution in [2.24, 2.45) is 0 Å². The van der Waals surface area contributed by atoms with Crippen molar-refractivity contribution < 1.29 is 31.1 Å². The summed E-state index contributed by atoms with van der Waals surface area (Å²) in [5, 5.41) is 3.75. The van der Waals surface area contributed by atoms with E-state index < -0.39 is 28.2 Å². The molecule has 0 heterocycles. The first-order chi connectivity index (χ1) is 16.5. The van der Waals surface area contributed by atoms with E-state index in [0.29, 0.717) is 22.9 Å². The van der Waals surface area contributed by atoms with Gasteiger partial charge in [0.25, 0.3) is 0 Å². The van der Waals surface area contributed by atoms with E-state index in [4.69, 9.17) is 27.9 Å². The summed E-state index contributed by atoms with van der Waals surface area (Å²) in [5.74, 6) is 0.181. The third-order valence-electron chi connectivity index (χ3n) is 4.85. The van der Waals surface area contributed by atoms with E-state index in [-0.39, 0.29) is 16.5 Å². The summed E-state index contributed by atoms with van der Waals surface area (Å²) in [6.45, 7) is 0.617. The van der Waals surface area contributed by atoms with Gasteiger partial charge in [-0.25, -0.2) is 13.1 Å². The van der Waals surface area contributed by atoms with Crippen molar-refractivity contribution in [2.75, 3.05) is 13.7 Å². The minimum atomic E-state index is -4.88. The molecule has 0 spiro atoms. The highest BCUT2D eigenvalue weighted by molar-refractivity contribution is 7.89. The van der Waals surface area contributed by atoms with E-state index in [1.54, 1.807) is 25.3 Å². The predicted molar refractivity (Wildman–Crippen MR) is 127 cm³/mol. The Kier molecular flexibility index (Phi) is 8.89. The molecule has 0 aromatic heterocycles. The molecule has 0 aliphatic heterocycles. The molecule has 3 aromatic rings. The first kappa shape index (κ1) is 27.1. The number of sulfonamides is 1. The Morgan fingerprint density at radius 1 is 0.914 bits per heavy atom. The van der Waals surface area contributed by atoms with E-state index in [9.17, 15) is 21.6 Å². The Labute approximate surface area is 211 Å². The van der Waals surface area contributed by atoms with E-state index >= 15 is 0 Å². The largest absolute Gasteiger partial charge is 0.573 e. The Balaban J connectivity index is 1.77. The molecule has 12 heteroatoms. The highest BCUT2D eigenvalue weighted by Crippen LogP contribution is 2.28. The first-order valence-electron chi connectivity index (χ1n) is 10.1. The fraction of sp³-hybridized carbons (Fsp3) is 0.217. The van der Waals surface area contributed by atoms with Crippen LogP contribution in [-0.4, -0.2) is 28.4 Å². The van der Waals surface area contributed by atoms with Gasteiger partial charge < -0.3 is 14.8 Å². The molecular weight excluding hydrogens is 528 g/mol. The van der Waals surface area contributed by atoms with Gasteiger partial charge in [-0.15, -0.1) is 13.2 Å². The number of alkyl halides is 3. The van der Waals surface area contributed by atoms with Gasteiger partial charge >= 0.3 is 6.36 Å². The van der Waals surface area contributed by atoms with Crippen molar-refractivity contribution in [1.82, 2.24) is 10.0 Å². The van der Waals surface area contributed by atoms with Crippen LogP contribution in [0.15, 0.2) is 71.6 Å². The second kappa shape index (κ2) is 11.5. The normalized spacial score (nSPS) is 12.9. The molecule has 35 heavy (non-hydrogen) atoms. The molecule has 3 aromatic carbocycles. The molecule has 1 atom stereocenters. The molecule has 2 N–H and O–H groups in total. The summed E-state index contributed by atoms with van der Waals surface area (Å²) in [6, 6.07) is 15.2. The molecule has 0 fully saturated rings. The molecule has 0 aliphatic rings. The maximum atomic E-state index is 13.0. The van der Waals surface area contributed by atoms with Crippen LogP contribution in [-0.2, 0) is 16.6 Å². The molecule has 3 rings (SSSR count). The SMILES string of the molecule is COc1ccc(CNCC(NS(=O)(=O)c2ccc(OC(F)(F)F)cc2)c2ccc(Cl)c(Cl)c2)cc1. The van der Waals surface area contributed by atoms with Crippen LogP contribution in [0.3, 0.4) is 0 Å². The maximum Gasteiger partial charge on any atom is 0.573 e. The van der Waals surface area contributed by atoms with Crippen molar-refractivity contribution in [3.05, 3.63) is 87.9 Å². The number of hydrogen-bond acceptors (Lipinski definition) is 5. The molecule has 0 radical (unpaired) electrons. The van der Waals surface area contributed by atoms with Gasteiger partial charge in [0.15, 0.2) is 0 Å². The fourth-order valence-electron chi connectivity index (χ4n) is 3.14. The van der Waals surface area contributed by atoms with Crippen molar-refractivity contribution in [2.45, 2.75) is 23.8 Å². The third-order valence-corrected chi connectivity index (χ3v) is 7.07. The summed E-state index contributed by atoms with van der Waals surface area (Å²) >= 11 is 12.1. The number of benzene rings is 3. The molecular formula is C23H21Cl2F3N2O4S. The highest BCUT2D eigenvalue weighted by Gasteiger charge is 2.31. The standard InChI is InChI=1S/C23H21Cl2F3N2O4S/c1-33-17-5-2-15(3-6-17)13-29-14-22(16-4-11-20(24)21(25)12-16)30-35(31,32)19-9-7-18(8-10-19)34-23(26,27)28/h2-12,22,29-30H,13-14H2,1H3. The van der Waals surface area contributed by atoms with Crippen LogP contribution in [0.4, 0.5) is 13.2 Å². The smallest absolute Gasteiger partial charge is 0.497 e. The van der Waals surface area contributed by atoms with E-state index in [2.05, 4.69) is 14.8 Å². The van der Waals surface area contributed by atoms with Crippen LogP contribution in [0.1, 0.15) is 17.2 Å². The molecule has 0 saturated carbocycles. The summed E-state index contributed by atoms with van der Waals surface area (Å²) in [6.07, 6.45) is -4.88. The Morgan fingerprint density at radius 2 is 1.54 bits per heavy atom. The monoisotopic (exact) mass is 548 g/mol. The summed E-state index contributed by atoms with van der Waals surface area (Å²) in [5.41, 5.74) is 1.49. The first-order valence-corrected chi connectivity index (χ1v) is 12.4. The minimum absolute atomic E-state index is 0.179. The minimum Gasteiger partial charge on any atom is -0.497 e. The lowest BCUT2D eigenvalue weighted by atomic mass is 10.1. The Hall–Kier alpha value is -2.50. The third kappa shape index (κ3) is 8.01. The van der Waals surface area contributed by atoms with Crippen LogP contribution in [0.5, 0.6) is 11.5 Å². The second-order valence-corrected chi connectivity index (χ2v) is 9.87. The van der Waals surface area contributed by atoms with Gasteiger partial charge in [-0.05, 0) is 59.7 Å². The lowest BCUT2D eigenvalue weighted by Crippen LogP contribution is -2.35. The van der Waals surface area contributed by atoms with Crippen molar-refractivity contribution in [3.8, 4) is 11.5 Å². The van der Waals surface area contributed by atoms with Crippen LogP contribution in [0.2, 0.25) is 10.0 Å². The number of ether oxygens (including phenoxy) is 2. The zero-order valence-electron chi connectivity index (χ0n) is 18.3. The molecule has 0 amide bonds. The lowest BCUT2D eigenvalue weighted by molar-refractivity contribution is -0.274. The Bertz CT molecular complexity index is 1240. The van der Waals surface area contributed by atoms with E-state index in [1.807, 2.05) is 24.3 Å². The van der Waals surface area contributed by atoms with Gasteiger partial charge in [0, 0.05) is 13.1 Å². The van der Waals surface area contributed by atoms with Gasteiger partial charge in [0.05, 0.1) is 28.1 Å². The number of halogens is 5.